The predicted octanol–water partition coefficient (Wildman–Crippen LogP) is 6.64. The van der Waals surface area contributed by atoms with Gasteiger partial charge in [-0.05, 0) is 61.7 Å². The fraction of sp³-hybridized carbons (Fsp3) is 0.276. The largest absolute Gasteiger partial charge is 0.489 e. The Morgan fingerprint density at radius 2 is 1.85 bits per heavy atom. The summed E-state index contributed by atoms with van der Waals surface area (Å²) in [5.41, 5.74) is -0.768. The highest BCUT2D eigenvalue weighted by Crippen LogP contribution is 2.44. The van der Waals surface area contributed by atoms with Crippen molar-refractivity contribution in [2.45, 2.75) is 45.4 Å². The van der Waals surface area contributed by atoms with E-state index in [9.17, 15) is 33.0 Å². The standard InChI is InChI=1S/C29H26ClF3N2O5/c1-15-10-11-28(27(38)39,13-19(15)26(36)37)21-6-5-7-22(29(31,32)33)20(21)14-40-23-9-8-18(12-16(23)2)24-17(3)25(30)35(4)34-24/h5-12H,13-14H2,1-4H3,(H,36,37)(H,38,39). The number of ether oxygens (including phenoxy) is 1. The maximum atomic E-state index is 14.2. The van der Waals surface area contributed by atoms with Gasteiger partial charge in [-0.3, -0.25) is 9.48 Å². The fourth-order valence-electron chi connectivity index (χ4n) is 4.95. The molecule has 1 unspecified atom stereocenters. The molecule has 0 saturated heterocycles. The zero-order valence-corrected chi connectivity index (χ0v) is 22.8. The molecule has 11 heteroatoms. The lowest BCUT2D eigenvalue weighted by atomic mass is 9.69. The highest BCUT2D eigenvalue weighted by Gasteiger charge is 2.46. The summed E-state index contributed by atoms with van der Waals surface area (Å²) in [7, 11) is 1.71. The lowest BCUT2D eigenvalue weighted by molar-refractivity contribution is -0.143. The zero-order valence-electron chi connectivity index (χ0n) is 22.1. The molecule has 0 amide bonds. The van der Waals surface area contributed by atoms with Gasteiger partial charge in [0, 0.05) is 35.7 Å². The Balaban J connectivity index is 1.77. The Bertz CT molecular complexity index is 1590. The molecule has 0 fully saturated rings. The van der Waals surface area contributed by atoms with E-state index >= 15 is 0 Å². The van der Waals surface area contributed by atoms with Crippen molar-refractivity contribution >= 4 is 23.5 Å². The summed E-state index contributed by atoms with van der Waals surface area (Å²) >= 11 is 6.24. The second kappa shape index (κ2) is 10.5. The normalized spacial score (nSPS) is 17.3. The number of carbonyl (C=O) groups is 2. The molecule has 3 aromatic rings. The van der Waals surface area contributed by atoms with Gasteiger partial charge in [0.1, 0.15) is 22.9 Å². The van der Waals surface area contributed by atoms with Gasteiger partial charge in [0.25, 0.3) is 0 Å². The lowest BCUT2D eigenvalue weighted by Crippen LogP contribution is -2.38. The molecule has 210 valence electrons. The van der Waals surface area contributed by atoms with Gasteiger partial charge in [0.2, 0.25) is 0 Å². The number of carboxylic acid groups (broad SMARTS) is 2. The molecule has 0 bridgehead atoms. The van der Waals surface area contributed by atoms with E-state index in [2.05, 4.69) is 5.10 Å². The van der Waals surface area contributed by atoms with Gasteiger partial charge in [-0.2, -0.15) is 18.3 Å². The van der Waals surface area contributed by atoms with Crippen molar-refractivity contribution in [3.63, 3.8) is 0 Å². The molecule has 4 rings (SSSR count). The van der Waals surface area contributed by atoms with Crippen LogP contribution in [0.25, 0.3) is 11.3 Å². The van der Waals surface area contributed by atoms with E-state index in [1.807, 2.05) is 6.92 Å². The molecule has 40 heavy (non-hydrogen) atoms. The summed E-state index contributed by atoms with van der Waals surface area (Å²) in [5, 5.41) is 24.8. The van der Waals surface area contributed by atoms with Crippen molar-refractivity contribution in [3.05, 3.63) is 92.7 Å². The number of nitrogens with zero attached hydrogens (tertiary/aromatic N) is 2. The summed E-state index contributed by atoms with van der Waals surface area (Å²) in [6, 6.07) is 8.33. The predicted molar refractivity (Wildman–Crippen MR) is 142 cm³/mol. The van der Waals surface area contributed by atoms with E-state index in [1.54, 1.807) is 32.2 Å². The quantitative estimate of drug-likeness (QED) is 0.328. The summed E-state index contributed by atoms with van der Waals surface area (Å²) in [6.45, 7) is 4.46. The average molecular weight is 575 g/mol. The number of hydrogen-bond acceptors (Lipinski definition) is 4. The summed E-state index contributed by atoms with van der Waals surface area (Å²) in [6.07, 6.45) is -2.77. The Morgan fingerprint density at radius 3 is 2.40 bits per heavy atom. The van der Waals surface area contributed by atoms with Gasteiger partial charge in [-0.15, -0.1) is 0 Å². The van der Waals surface area contributed by atoms with Crippen LogP contribution in [-0.4, -0.2) is 31.9 Å². The van der Waals surface area contributed by atoms with Gasteiger partial charge >= 0.3 is 18.1 Å². The maximum Gasteiger partial charge on any atom is 0.416 e. The van der Waals surface area contributed by atoms with Crippen LogP contribution in [0.4, 0.5) is 13.2 Å². The Kier molecular flexibility index (Phi) is 7.60. The van der Waals surface area contributed by atoms with Crippen LogP contribution in [0.3, 0.4) is 0 Å². The maximum absolute atomic E-state index is 14.2. The third-order valence-electron chi connectivity index (χ3n) is 7.17. The number of allylic oxidation sites excluding steroid dienone is 2. The highest BCUT2D eigenvalue weighted by molar-refractivity contribution is 6.30. The topological polar surface area (TPSA) is 102 Å². The van der Waals surface area contributed by atoms with Crippen molar-refractivity contribution in [2.75, 3.05) is 0 Å². The Labute approximate surface area is 233 Å². The molecule has 1 aromatic heterocycles. The first-order chi connectivity index (χ1) is 18.7. The molecule has 1 heterocycles. The van der Waals surface area contributed by atoms with Gasteiger partial charge in [0.15, 0.2) is 0 Å². The second-order valence-corrected chi connectivity index (χ2v) is 10.1. The number of halogens is 4. The monoisotopic (exact) mass is 574 g/mol. The number of rotatable bonds is 7. The molecule has 0 radical (unpaired) electrons. The molecular formula is C29H26ClF3N2O5. The van der Waals surface area contributed by atoms with E-state index in [4.69, 9.17) is 16.3 Å². The third kappa shape index (κ3) is 5.11. The third-order valence-corrected chi connectivity index (χ3v) is 7.70. The van der Waals surface area contributed by atoms with Crippen LogP contribution < -0.4 is 4.74 Å². The van der Waals surface area contributed by atoms with Gasteiger partial charge in [-0.25, -0.2) is 4.79 Å². The first kappa shape index (κ1) is 28.9. The first-order valence-electron chi connectivity index (χ1n) is 12.2. The van der Waals surface area contributed by atoms with E-state index < -0.39 is 42.1 Å². The zero-order chi connectivity index (χ0) is 29.6. The fourth-order valence-corrected chi connectivity index (χ4v) is 5.08. The minimum atomic E-state index is -4.82. The van der Waals surface area contributed by atoms with Crippen LogP contribution in [0, 0.1) is 13.8 Å². The van der Waals surface area contributed by atoms with Gasteiger partial charge in [0.05, 0.1) is 11.3 Å². The van der Waals surface area contributed by atoms with Crippen molar-refractivity contribution < 1.29 is 37.7 Å². The summed E-state index contributed by atoms with van der Waals surface area (Å²) < 4.78 is 49.9. The van der Waals surface area contributed by atoms with Crippen LogP contribution in [0.15, 0.2) is 59.7 Å². The highest BCUT2D eigenvalue weighted by atomic mass is 35.5. The SMILES string of the molecule is CC1=C(C(=O)O)CC(C(=O)O)(c2cccc(C(F)(F)F)c2COc2ccc(-c3nn(C)c(Cl)c3C)cc2C)C=C1. The average Bonchev–Trinajstić information content (AvgIpc) is 3.14. The number of aromatic nitrogens is 2. The van der Waals surface area contributed by atoms with E-state index in [0.717, 1.165) is 23.3 Å². The van der Waals surface area contributed by atoms with E-state index in [1.165, 1.54) is 29.8 Å². The van der Waals surface area contributed by atoms with Crippen molar-refractivity contribution in [3.8, 4) is 17.0 Å². The van der Waals surface area contributed by atoms with Gasteiger partial charge < -0.3 is 14.9 Å². The smallest absolute Gasteiger partial charge is 0.416 e. The molecule has 0 aliphatic heterocycles. The molecule has 2 aromatic carbocycles. The molecule has 1 aliphatic carbocycles. The molecule has 0 spiro atoms. The molecule has 0 saturated carbocycles. The van der Waals surface area contributed by atoms with Crippen LogP contribution in [-0.2, 0) is 34.8 Å². The molecule has 1 aliphatic rings. The summed E-state index contributed by atoms with van der Waals surface area (Å²) in [5.74, 6) is -2.52. The first-order valence-corrected chi connectivity index (χ1v) is 12.5. The number of aliphatic carboxylic acids is 2. The molecule has 1 atom stereocenters. The number of carboxylic acids is 2. The van der Waals surface area contributed by atoms with Crippen LogP contribution in [0.5, 0.6) is 5.75 Å². The molecule has 2 N–H and O–H groups in total. The summed E-state index contributed by atoms with van der Waals surface area (Å²) in [4.78, 5) is 24.4. The van der Waals surface area contributed by atoms with Crippen LogP contribution in [0.2, 0.25) is 5.15 Å². The van der Waals surface area contributed by atoms with Gasteiger partial charge in [-0.1, -0.05) is 35.9 Å². The minimum absolute atomic E-state index is 0.189. The number of alkyl halides is 3. The van der Waals surface area contributed by atoms with Crippen molar-refractivity contribution in [2.24, 2.45) is 7.05 Å². The Morgan fingerprint density at radius 1 is 1.15 bits per heavy atom. The van der Waals surface area contributed by atoms with Crippen molar-refractivity contribution in [1.82, 2.24) is 9.78 Å². The number of aryl methyl sites for hydroxylation is 2. The minimum Gasteiger partial charge on any atom is -0.489 e. The number of hydrogen-bond donors (Lipinski definition) is 2. The van der Waals surface area contributed by atoms with Crippen molar-refractivity contribution in [1.29, 1.82) is 0 Å². The van der Waals surface area contributed by atoms with E-state index in [0.29, 0.717) is 22.0 Å². The lowest BCUT2D eigenvalue weighted by Gasteiger charge is -2.33. The molecule has 7 nitrogen and oxygen atoms in total. The second-order valence-electron chi connectivity index (χ2n) is 9.74. The Hall–Kier alpha value is -4.05. The van der Waals surface area contributed by atoms with Crippen LogP contribution >= 0.6 is 11.6 Å². The van der Waals surface area contributed by atoms with Crippen LogP contribution in [0.1, 0.15) is 41.2 Å². The van der Waals surface area contributed by atoms with E-state index in [-0.39, 0.29) is 22.4 Å². The molecular weight excluding hydrogens is 549 g/mol. The number of benzene rings is 2.